The zero-order valence-electron chi connectivity index (χ0n) is 20.4. The number of fused-ring (bicyclic) bond motifs is 2. The molecule has 1 aliphatic carbocycles. The Balaban J connectivity index is 1.42. The van der Waals surface area contributed by atoms with Gasteiger partial charge in [-0.15, -0.1) is 0 Å². The monoisotopic (exact) mass is 477 g/mol. The highest BCUT2D eigenvalue weighted by molar-refractivity contribution is 5.99. The number of benzene rings is 2. The van der Waals surface area contributed by atoms with Crippen molar-refractivity contribution in [2.45, 2.75) is 75.8 Å². The number of carbonyl (C=O) groups excluding carboxylic acids is 1. The summed E-state index contributed by atoms with van der Waals surface area (Å²) in [4.78, 5) is 19.7. The lowest BCUT2D eigenvalue weighted by Crippen LogP contribution is -2.53. The Morgan fingerprint density at radius 3 is 2.74 bits per heavy atom. The third kappa shape index (κ3) is 4.20. The van der Waals surface area contributed by atoms with Gasteiger partial charge in [0.2, 0.25) is 5.91 Å². The number of aliphatic hydroxyl groups excluding tert-OH is 1. The molecule has 0 saturated heterocycles. The molecule has 0 radical (unpaired) electrons. The molecule has 2 heterocycles. The largest absolute Gasteiger partial charge is 0.493 e. The fourth-order valence-electron chi connectivity index (χ4n) is 5.76. The third-order valence-corrected chi connectivity index (χ3v) is 7.94. The molecule has 5 rings (SSSR count). The summed E-state index contributed by atoms with van der Waals surface area (Å²) < 4.78 is 5.89. The van der Waals surface area contributed by atoms with Crippen molar-refractivity contribution in [2.75, 3.05) is 6.61 Å². The van der Waals surface area contributed by atoms with Crippen LogP contribution in [0.25, 0.3) is 0 Å². The lowest BCUT2D eigenvalue weighted by Gasteiger charge is -2.41. The van der Waals surface area contributed by atoms with Gasteiger partial charge in [0.25, 0.3) is 0 Å². The van der Waals surface area contributed by atoms with Gasteiger partial charge in [0.05, 0.1) is 30.7 Å². The van der Waals surface area contributed by atoms with Crippen LogP contribution in [0, 0.1) is 0 Å². The second kappa shape index (κ2) is 9.26. The Labute approximate surface area is 206 Å². The summed E-state index contributed by atoms with van der Waals surface area (Å²) in [7, 11) is 0. The first-order valence-corrected chi connectivity index (χ1v) is 12.6. The number of rotatable bonds is 6. The van der Waals surface area contributed by atoms with Gasteiger partial charge in [-0.2, -0.15) is 0 Å². The zero-order chi connectivity index (χ0) is 24.7. The molecule has 0 saturated carbocycles. The molecule has 4 atom stereocenters. The Hall–Kier alpha value is -2.94. The van der Waals surface area contributed by atoms with Gasteiger partial charge in [0, 0.05) is 18.0 Å². The van der Waals surface area contributed by atoms with Crippen LogP contribution in [0.4, 0.5) is 0 Å². The molecule has 8 nitrogen and oxygen atoms in total. The molecule has 0 bridgehead atoms. The minimum atomic E-state index is -0.930. The molecule has 2 aromatic rings. The van der Waals surface area contributed by atoms with Crippen LogP contribution in [0.15, 0.2) is 47.5 Å². The van der Waals surface area contributed by atoms with E-state index in [0.717, 1.165) is 30.4 Å². The van der Waals surface area contributed by atoms with Crippen LogP contribution in [-0.2, 0) is 11.2 Å². The van der Waals surface area contributed by atoms with E-state index in [-0.39, 0.29) is 30.0 Å². The summed E-state index contributed by atoms with van der Waals surface area (Å²) >= 11 is 0. The highest BCUT2D eigenvalue weighted by Crippen LogP contribution is 2.41. The number of nitrogens with two attached hydrogens (primary N) is 2. The second-order valence-electron chi connectivity index (χ2n) is 9.91. The standard InChI is InChI=1S/C27H35N5O3/c1-3-27(4-2)15-23(33)32(26(29)31-27)21-11-12-35-22-10-9-17(13-19(21)22)25(34)30-24-18-8-6-5-7-16(18)14-20(24)28/h5-10,13,20-21,24-25,30,34H,3-4,11-12,14-15,28H2,1-2H3,(H2,29,31)/t20-,21-,24-,25?/m1/s1. The number of guanidine groups is 1. The van der Waals surface area contributed by atoms with Gasteiger partial charge in [0.15, 0.2) is 5.96 Å². The van der Waals surface area contributed by atoms with E-state index in [1.54, 1.807) is 4.90 Å². The number of hydrogen-bond donors (Lipinski definition) is 4. The van der Waals surface area contributed by atoms with E-state index >= 15 is 0 Å². The maximum absolute atomic E-state index is 13.3. The van der Waals surface area contributed by atoms with Crippen LogP contribution in [0.2, 0.25) is 0 Å². The van der Waals surface area contributed by atoms with Gasteiger partial charge in [-0.05, 0) is 48.1 Å². The van der Waals surface area contributed by atoms with E-state index in [0.29, 0.717) is 30.8 Å². The highest BCUT2D eigenvalue weighted by atomic mass is 16.5. The molecule has 186 valence electrons. The molecule has 2 aromatic carbocycles. The number of nitrogens with zero attached hydrogens (tertiary/aromatic N) is 2. The molecule has 8 heteroatoms. The van der Waals surface area contributed by atoms with E-state index < -0.39 is 11.8 Å². The lowest BCUT2D eigenvalue weighted by atomic mass is 9.87. The molecule has 1 unspecified atom stereocenters. The number of aliphatic hydroxyl groups is 1. The molecule has 6 N–H and O–H groups in total. The molecule has 0 aromatic heterocycles. The molecule has 1 amide bonds. The van der Waals surface area contributed by atoms with Gasteiger partial charge in [-0.3, -0.25) is 15.0 Å². The Morgan fingerprint density at radius 2 is 2.00 bits per heavy atom. The fourth-order valence-corrected chi connectivity index (χ4v) is 5.76. The van der Waals surface area contributed by atoms with Gasteiger partial charge >= 0.3 is 0 Å². The number of nitrogens with one attached hydrogen (secondary N) is 1. The fraction of sp³-hybridized carbons (Fsp3) is 0.481. The highest BCUT2D eigenvalue weighted by Gasteiger charge is 2.42. The topological polar surface area (TPSA) is 126 Å². The van der Waals surface area contributed by atoms with E-state index in [2.05, 4.69) is 17.4 Å². The Kier molecular flexibility index (Phi) is 6.29. The van der Waals surface area contributed by atoms with Crippen LogP contribution in [-0.4, -0.2) is 40.1 Å². The number of amides is 1. The number of hydrogen-bond acceptors (Lipinski definition) is 7. The van der Waals surface area contributed by atoms with E-state index in [1.807, 2.05) is 44.2 Å². The first kappa shape index (κ1) is 23.8. The maximum Gasteiger partial charge on any atom is 0.232 e. The van der Waals surface area contributed by atoms with Crippen LogP contribution in [0.5, 0.6) is 5.75 Å². The quantitative estimate of drug-likeness (QED) is 0.474. The molecule has 3 aliphatic rings. The van der Waals surface area contributed by atoms with Gasteiger partial charge in [-0.1, -0.05) is 44.2 Å². The number of ether oxygens (including phenoxy) is 1. The predicted octanol–water partition coefficient (Wildman–Crippen LogP) is 2.82. The van der Waals surface area contributed by atoms with Crippen molar-refractivity contribution in [1.82, 2.24) is 10.2 Å². The van der Waals surface area contributed by atoms with Crippen molar-refractivity contribution in [2.24, 2.45) is 16.5 Å². The SMILES string of the molecule is CCC1(CC)CC(=O)N([C@@H]2CCOc3ccc(C(O)N[C@@H]4c5ccccc5C[C@H]4N)cc32)C(N)=N1. The molecule has 0 spiro atoms. The van der Waals surface area contributed by atoms with E-state index in [9.17, 15) is 9.90 Å². The second-order valence-corrected chi connectivity index (χ2v) is 9.91. The minimum absolute atomic E-state index is 0.0170. The van der Waals surface area contributed by atoms with Crippen molar-refractivity contribution in [3.63, 3.8) is 0 Å². The van der Waals surface area contributed by atoms with E-state index in [4.69, 9.17) is 21.2 Å². The molecule has 0 fully saturated rings. The number of carbonyl (C=O) groups is 1. The summed E-state index contributed by atoms with van der Waals surface area (Å²) in [6.07, 6.45) is 2.32. The van der Waals surface area contributed by atoms with Crippen LogP contribution < -0.4 is 21.5 Å². The van der Waals surface area contributed by atoms with Crippen molar-refractivity contribution in [1.29, 1.82) is 0 Å². The Morgan fingerprint density at radius 1 is 1.23 bits per heavy atom. The van der Waals surface area contributed by atoms with Crippen molar-refractivity contribution in [3.8, 4) is 5.75 Å². The van der Waals surface area contributed by atoms with E-state index in [1.165, 1.54) is 5.56 Å². The van der Waals surface area contributed by atoms with Crippen LogP contribution in [0.1, 0.15) is 80.1 Å². The van der Waals surface area contributed by atoms with Crippen LogP contribution in [0.3, 0.4) is 0 Å². The lowest BCUT2D eigenvalue weighted by molar-refractivity contribution is -0.132. The predicted molar refractivity (Wildman–Crippen MR) is 135 cm³/mol. The smallest absolute Gasteiger partial charge is 0.232 e. The summed E-state index contributed by atoms with van der Waals surface area (Å²) in [6, 6.07) is 13.2. The zero-order valence-corrected chi connectivity index (χ0v) is 20.4. The van der Waals surface area contributed by atoms with Gasteiger partial charge in [0.1, 0.15) is 12.0 Å². The molecule has 35 heavy (non-hydrogen) atoms. The summed E-state index contributed by atoms with van der Waals surface area (Å²) in [6.45, 7) is 4.57. The minimum Gasteiger partial charge on any atom is -0.493 e. The Bertz CT molecular complexity index is 1150. The first-order chi connectivity index (χ1) is 16.9. The van der Waals surface area contributed by atoms with Crippen molar-refractivity contribution in [3.05, 3.63) is 64.7 Å². The van der Waals surface area contributed by atoms with Crippen molar-refractivity contribution < 1.29 is 14.6 Å². The molecule has 2 aliphatic heterocycles. The third-order valence-electron chi connectivity index (χ3n) is 7.94. The van der Waals surface area contributed by atoms with Gasteiger partial charge in [-0.25, -0.2) is 4.99 Å². The van der Waals surface area contributed by atoms with Crippen molar-refractivity contribution >= 4 is 11.9 Å². The molecular weight excluding hydrogens is 442 g/mol. The maximum atomic E-state index is 13.3. The molecular formula is C27H35N5O3. The summed E-state index contributed by atoms with van der Waals surface area (Å²) in [5, 5.41) is 14.4. The number of aliphatic imine (C=N–C) groups is 1. The average molecular weight is 478 g/mol. The normalized spacial score (nSPS) is 25.9. The first-order valence-electron chi connectivity index (χ1n) is 12.6. The average Bonchev–Trinajstić information content (AvgIpc) is 3.18. The van der Waals surface area contributed by atoms with Gasteiger partial charge < -0.3 is 21.3 Å². The summed E-state index contributed by atoms with van der Waals surface area (Å²) in [5.41, 5.74) is 16.2. The van der Waals surface area contributed by atoms with Crippen LogP contribution >= 0.6 is 0 Å². The summed E-state index contributed by atoms with van der Waals surface area (Å²) in [5.74, 6) is 0.945.